The fourth-order valence-electron chi connectivity index (χ4n) is 8.22. The largest absolute Gasteiger partial charge is 0.472 e. The van der Waals surface area contributed by atoms with E-state index in [0.29, 0.717) is 25.7 Å². The van der Waals surface area contributed by atoms with E-state index in [0.717, 1.165) is 122 Å². The van der Waals surface area contributed by atoms with Gasteiger partial charge in [0.25, 0.3) is 0 Å². The Morgan fingerprint density at radius 1 is 0.333 bits per heavy atom. The second-order valence-electron chi connectivity index (χ2n) is 21.5. The summed E-state index contributed by atoms with van der Waals surface area (Å²) in [5, 5.41) is 20.5. The molecule has 0 fully saturated rings. The van der Waals surface area contributed by atoms with Crippen LogP contribution in [0.5, 0.6) is 0 Å². The van der Waals surface area contributed by atoms with E-state index in [9.17, 15) is 43.5 Å². The van der Waals surface area contributed by atoms with Crippen molar-refractivity contribution in [3.05, 3.63) is 122 Å². The summed E-state index contributed by atoms with van der Waals surface area (Å²) >= 11 is 0. The maximum Gasteiger partial charge on any atom is 0.472 e. The Bertz CT molecular complexity index is 2070. The second kappa shape index (κ2) is 62.2. The van der Waals surface area contributed by atoms with Crippen molar-refractivity contribution < 1.29 is 75.8 Å². The first-order valence-electron chi connectivity index (χ1n) is 32.8. The predicted octanol–water partition coefficient (Wildman–Crippen LogP) is 17.9. The van der Waals surface area contributed by atoms with Crippen LogP contribution in [0.3, 0.4) is 0 Å². The highest BCUT2D eigenvalue weighted by Crippen LogP contribution is 2.45. The van der Waals surface area contributed by atoms with Crippen LogP contribution in [0, 0.1) is 0 Å². The fourth-order valence-corrected chi connectivity index (χ4v) is 9.80. The third-order valence-electron chi connectivity index (χ3n) is 13.2. The molecule has 5 unspecified atom stereocenters. The summed E-state index contributed by atoms with van der Waals surface area (Å²) in [6.07, 6.45) is 69.8. The summed E-state index contributed by atoms with van der Waals surface area (Å²) in [6, 6.07) is 0. The number of aliphatic hydroxyl groups excluding tert-OH is 2. The average molecular weight is 1260 g/mol. The number of allylic oxidation sites excluding steroid dienone is 20. The first-order valence-corrected chi connectivity index (χ1v) is 35.8. The van der Waals surface area contributed by atoms with Crippen LogP contribution in [0.15, 0.2) is 122 Å². The lowest BCUT2D eigenvalue weighted by atomic mass is 10.0. The zero-order valence-corrected chi connectivity index (χ0v) is 55.4. The van der Waals surface area contributed by atoms with Gasteiger partial charge in [0.15, 0.2) is 6.10 Å². The topological polar surface area (TPSA) is 231 Å². The quantitative estimate of drug-likeness (QED) is 0.0146. The van der Waals surface area contributed by atoms with Crippen molar-refractivity contribution in [2.75, 3.05) is 39.6 Å². The number of phosphoric acid groups is 2. The smallest absolute Gasteiger partial charge is 0.463 e. The van der Waals surface area contributed by atoms with Gasteiger partial charge in [-0.25, -0.2) is 9.13 Å². The second-order valence-corrected chi connectivity index (χ2v) is 24.4. The number of hydrogen-bond acceptors (Lipinski definition) is 14. The number of carbonyl (C=O) groups is 3. The highest BCUT2D eigenvalue weighted by Gasteiger charge is 2.29. The van der Waals surface area contributed by atoms with Crippen molar-refractivity contribution in [3.8, 4) is 0 Å². The number of hydrogen-bond donors (Lipinski definition) is 4. The fraction of sp³-hybridized carbons (Fsp3) is 0.667. The van der Waals surface area contributed by atoms with Gasteiger partial charge in [0.05, 0.1) is 26.4 Å². The van der Waals surface area contributed by atoms with Crippen LogP contribution in [0.2, 0.25) is 0 Å². The zero-order valence-electron chi connectivity index (χ0n) is 53.6. The number of rotatable bonds is 61. The van der Waals surface area contributed by atoms with E-state index in [2.05, 4.69) is 130 Å². The molecule has 0 saturated heterocycles. The normalized spacial score (nSPS) is 15.1. The monoisotopic (exact) mass is 1260 g/mol. The average Bonchev–Trinajstić information content (AvgIpc) is 3.69. The van der Waals surface area contributed by atoms with Crippen LogP contribution in [0.4, 0.5) is 0 Å². The van der Waals surface area contributed by atoms with Gasteiger partial charge < -0.3 is 34.2 Å². The number of carbonyl (C=O) groups excluding carboxylic acids is 3. The Labute approximate surface area is 525 Å². The molecule has 5 atom stereocenters. The van der Waals surface area contributed by atoms with E-state index in [1.165, 1.54) is 51.4 Å². The number of phosphoric ester groups is 2. The minimum Gasteiger partial charge on any atom is -0.463 e. The molecule has 498 valence electrons. The van der Waals surface area contributed by atoms with Crippen molar-refractivity contribution in [2.24, 2.45) is 0 Å². The number of aliphatic hydroxyl groups is 2. The van der Waals surface area contributed by atoms with E-state index >= 15 is 0 Å². The van der Waals surface area contributed by atoms with E-state index in [-0.39, 0.29) is 19.3 Å². The Morgan fingerprint density at radius 3 is 1.01 bits per heavy atom. The molecule has 16 nitrogen and oxygen atoms in total. The summed E-state index contributed by atoms with van der Waals surface area (Å²) in [7, 11) is -9.79. The molecule has 0 heterocycles. The molecule has 18 heteroatoms. The molecular weight excluding hydrogens is 1150 g/mol. The first kappa shape index (κ1) is 83.0. The minimum atomic E-state index is -4.93. The highest BCUT2D eigenvalue weighted by molar-refractivity contribution is 7.47. The van der Waals surface area contributed by atoms with E-state index in [4.69, 9.17) is 32.3 Å². The summed E-state index contributed by atoms with van der Waals surface area (Å²) in [6.45, 7) is 2.33. The Morgan fingerprint density at radius 2 is 0.621 bits per heavy atom. The highest BCUT2D eigenvalue weighted by atomic mass is 31.2. The standard InChI is InChI=1S/C69H116O16P2/c1-4-7-10-13-16-19-22-25-27-29-30-31-32-34-36-38-40-43-46-49-52-55-67(72)79-58-64(70)59-81-86(75,76)82-60-65(71)61-83-87(77,78)84-63-66(85-69(74)57-54-51-48-45-42-37-24-21-18-15-12-9-6-3)62-80-68(73)56-53-50-47-44-41-39-35-33-28-26-23-20-17-14-11-8-5-2/h7-8,10-11,16-17,19-20,25-28,30-31,34-36,39,44,47,64-66,70-71H,4-6,9,12-15,18,21-24,29,32-33,37-38,40-43,45-46,48-63H2,1-3H3,(H,75,76)(H,77,78)/b10-7-,11-8-,19-16-,20-17-,27-25-,28-26-,31-30-,36-34-,39-35-,47-44-. The molecule has 0 aromatic heterocycles. The van der Waals surface area contributed by atoms with Crippen molar-refractivity contribution in [3.63, 3.8) is 0 Å². The van der Waals surface area contributed by atoms with Crippen LogP contribution >= 0.6 is 15.6 Å². The van der Waals surface area contributed by atoms with E-state index in [1.54, 1.807) is 0 Å². The molecule has 4 N–H and O–H groups in total. The molecule has 0 radical (unpaired) electrons. The Kier molecular flexibility index (Phi) is 59.3. The van der Waals surface area contributed by atoms with E-state index in [1.807, 2.05) is 12.2 Å². The molecular formula is C69H116O16P2. The molecule has 0 aliphatic carbocycles. The molecule has 0 bridgehead atoms. The molecule has 0 aliphatic rings. The lowest BCUT2D eigenvalue weighted by Crippen LogP contribution is -2.30. The molecule has 0 saturated carbocycles. The third-order valence-corrected chi connectivity index (χ3v) is 15.1. The van der Waals surface area contributed by atoms with Crippen molar-refractivity contribution in [2.45, 2.75) is 257 Å². The van der Waals surface area contributed by atoms with Crippen molar-refractivity contribution in [1.29, 1.82) is 0 Å². The lowest BCUT2D eigenvalue weighted by Gasteiger charge is -2.21. The SMILES string of the molecule is CC/C=C\C/C=C\C/C=C\C/C=C\C/C=C\CCCCCCCC(=O)OCC(O)COP(=O)(O)OCC(O)COP(=O)(O)OCC(COC(=O)CCC/C=C\C/C=C\C/C=C\C/C=C\C/C=C\CC)OC(=O)CCCCCCCCCCCCCCC. The van der Waals surface area contributed by atoms with Crippen LogP contribution < -0.4 is 0 Å². The van der Waals surface area contributed by atoms with Gasteiger partial charge in [-0.15, -0.1) is 0 Å². The van der Waals surface area contributed by atoms with E-state index < -0.39 is 91.5 Å². The molecule has 0 spiro atoms. The van der Waals surface area contributed by atoms with Gasteiger partial charge in [0.1, 0.15) is 25.4 Å². The van der Waals surface area contributed by atoms with Gasteiger partial charge in [-0.3, -0.25) is 32.5 Å². The van der Waals surface area contributed by atoms with Gasteiger partial charge in [0, 0.05) is 19.3 Å². The van der Waals surface area contributed by atoms with Gasteiger partial charge in [-0.2, -0.15) is 0 Å². The molecule has 87 heavy (non-hydrogen) atoms. The number of unbranched alkanes of at least 4 members (excludes halogenated alkanes) is 18. The van der Waals surface area contributed by atoms with Gasteiger partial charge in [-0.1, -0.05) is 239 Å². The minimum absolute atomic E-state index is 0.0907. The van der Waals surface area contributed by atoms with Crippen molar-refractivity contribution in [1.82, 2.24) is 0 Å². The first-order chi connectivity index (χ1) is 42.2. The molecule has 0 aliphatic heterocycles. The van der Waals surface area contributed by atoms with Crippen LogP contribution in [-0.2, 0) is 55.8 Å². The Balaban J connectivity index is 4.69. The van der Waals surface area contributed by atoms with Crippen LogP contribution in [0.1, 0.15) is 239 Å². The van der Waals surface area contributed by atoms with Gasteiger partial charge in [0.2, 0.25) is 0 Å². The molecule has 0 amide bonds. The summed E-state index contributed by atoms with van der Waals surface area (Å²) in [5.41, 5.74) is 0. The number of ether oxygens (including phenoxy) is 3. The molecule has 0 aromatic rings. The maximum atomic E-state index is 12.9. The summed E-state index contributed by atoms with van der Waals surface area (Å²) in [4.78, 5) is 58.2. The summed E-state index contributed by atoms with van der Waals surface area (Å²) < 4.78 is 60.7. The van der Waals surface area contributed by atoms with Gasteiger partial charge in [-0.05, 0) is 103 Å². The zero-order chi connectivity index (χ0) is 63.8. The maximum absolute atomic E-state index is 12.9. The molecule has 0 rings (SSSR count). The Hall–Kier alpha value is -4.05. The predicted molar refractivity (Wildman–Crippen MR) is 353 cm³/mol. The summed E-state index contributed by atoms with van der Waals surface area (Å²) in [5.74, 6) is -1.66. The van der Waals surface area contributed by atoms with Crippen molar-refractivity contribution >= 4 is 33.6 Å². The number of esters is 3. The molecule has 0 aromatic carbocycles. The van der Waals surface area contributed by atoms with Crippen LogP contribution in [-0.4, -0.2) is 95.9 Å². The van der Waals surface area contributed by atoms with Gasteiger partial charge >= 0.3 is 33.6 Å². The van der Waals surface area contributed by atoms with Crippen LogP contribution in [0.25, 0.3) is 0 Å². The lowest BCUT2D eigenvalue weighted by molar-refractivity contribution is -0.161. The third kappa shape index (κ3) is 63.3.